The first-order chi connectivity index (χ1) is 11.4. The Hall–Kier alpha value is -2.53. The minimum absolute atomic E-state index is 0.0484. The highest BCUT2D eigenvalue weighted by Gasteiger charge is 2.22. The maximum atomic E-state index is 14.0. The zero-order valence-corrected chi connectivity index (χ0v) is 13.8. The Morgan fingerprint density at radius 1 is 1.25 bits per heavy atom. The van der Waals surface area contributed by atoms with Crippen molar-refractivity contribution < 1.29 is 12.8 Å². The minimum atomic E-state index is -4.17. The number of hydrogen-bond acceptors (Lipinski definition) is 5. The van der Waals surface area contributed by atoms with Crippen molar-refractivity contribution >= 4 is 16.0 Å². The fourth-order valence-corrected chi connectivity index (χ4v) is 3.80. The second kappa shape index (κ2) is 6.17. The number of anilines is 1. The number of nitrogens with zero attached hydrogens (tertiary/aromatic N) is 3. The van der Waals surface area contributed by atoms with Gasteiger partial charge in [0.05, 0.1) is 11.6 Å². The monoisotopic (exact) mass is 346 g/mol. The third kappa shape index (κ3) is 3.08. The van der Waals surface area contributed by atoms with Gasteiger partial charge in [-0.25, -0.2) is 27.5 Å². The fourth-order valence-electron chi connectivity index (χ4n) is 2.79. The fraction of sp³-hybridized carbons (Fsp3) is 0.312. The number of nitriles is 1. The molecule has 6 nitrogen and oxygen atoms in total. The number of nitrogens with one attached hydrogen (secondary N) is 1. The summed E-state index contributed by atoms with van der Waals surface area (Å²) in [7, 11) is -4.17. The summed E-state index contributed by atoms with van der Waals surface area (Å²) in [6.45, 7) is 1.81. The largest absolute Gasteiger partial charge is 0.267 e. The van der Waals surface area contributed by atoms with E-state index in [1.807, 2.05) is 6.92 Å². The molecule has 0 spiro atoms. The summed E-state index contributed by atoms with van der Waals surface area (Å²) in [5.74, 6) is -1.05. The normalized spacial score (nSPS) is 13.9. The maximum absolute atomic E-state index is 14.0. The molecule has 0 amide bonds. The van der Waals surface area contributed by atoms with Crippen LogP contribution in [0.15, 0.2) is 23.1 Å². The smallest absolute Gasteiger partial charge is 0.247 e. The van der Waals surface area contributed by atoms with Gasteiger partial charge < -0.3 is 0 Å². The SMILES string of the molecule is Cc1nc(NS(=O)(=O)c2ccc(C#N)cc2F)nc2c1CCCC2. The highest BCUT2D eigenvalue weighted by Crippen LogP contribution is 2.24. The lowest BCUT2D eigenvalue weighted by Crippen LogP contribution is -2.19. The van der Waals surface area contributed by atoms with E-state index in [0.29, 0.717) is 0 Å². The van der Waals surface area contributed by atoms with Crippen molar-refractivity contribution in [3.8, 4) is 6.07 Å². The molecule has 24 heavy (non-hydrogen) atoms. The van der Waals surface area contributed by atoms with E-state index in [4.69, 9.17) is 5.26 Å². The first-order valence-corrected chi connectivity index (χ1v) is 8.98. The molecule has 1 aromatic carbocycles. The van der Waals surface area contributed by atoms with Gasteiger partial charge in [0, 0.05) is 11.4 Å². The van der Waals surface area contributed by atoms with Crippen LogP contribution in [-0.2, 0) is 22.9 Å². The Kier molecular flexibility index (Phi) is 4.20. The number of sulfonamides is 1. The highest BCUT2D eigenvalue weighted by atomic mass is 32.2. The average Bonchev–Trinajstić information content (AvgIpc) is 2.54. The maximum Gasteiger partial charge on any atom is 0.267 e. The first kappa shape index (κ1) is 16.3. The molecular weight excluding hydrogens is 331 g/mol. The molecule has 1 aliphatic rings. The lowest BCUT2D eigenvalue weighted by molar-refractivity contribution is 0.569. The van der Waals surface area contributed by atoms with Gasteiger partial charge in [0.15, 0.2) is 0 Å². The van der Waals surface area contributed by atoms with Crippen LogP contribution in [0.5, 0.6) is 0 Å². The number of aryl methyl sites for hydroxylation is 2. The second-order valence-corrected chi connectivity index (χ2v) is 7.28. The molecule has 0 saturated heterocycles. The summed E-state index contributed by atoms with van der Waals surface area (Å²) < 4.78 is 41.0. The van der Waals surface area contributed by atoms with Crippen molar-refractivity contribution in [1.82, 2.24) is 9.97 Å². The third-order valence-corrected chi connectivity index (χ3v) is 5.33. The molecule has 0 aliphatic heterocycles. The van der Waals surface area contributed by atoms with Crippen molar-refractivity contribution in [3.63, 3.8) is 0 Å². The van der Waals surface area contributed by atoms with Crippen LogP contribution in [0, 0.1) is 24.1 Å². The van der Waals surface area contributed by atoms with E-state index in [2.05, 4.69) is 14.7 Å². The number of rotatable bonds is 3. The molecule has 2 aromatic rings. The molecule has 1 aliphatic carbocycles. The number of halogens is 1. The quantitative estimate of drug-likeness (QED) is 0.921. The highest BCUT2D eigenvalue weighted by molar-refractivity contribution is 7.92. The van der Waals surface area contributed by atoms with Crippen LogP contribution < -0.4 is 4.72 Å². The van der Waals surface area contributed by atoms with E-state index < -0.39 is 20.7 Å². The first-order valence-electron chi connectivity index (χ1n) is 7.49. The van der Waals surface area contributed by atoms with Crippen LogP contribution in [0.3, 0.4) is 0 Å². The molecule has 124 valence electrons. The standard InChI is InChI=1S/C16H15FN4O2S/c1-10-12-4-2-3-5-14(12)20-16(19-10)21-24(22,23)15-7-6-11(9-18)8-13(15)17/h6-8H,2-5H2,1H3,(H,19,20,21). The molecular formula is C16H15FN4O2S. The van der Waals surface area contributed by atoms with Crippen LogP contribution in [-0.4, -0.2) is 18.4 Å². The van der Waals surface area contributed by atoms with E-state index >= 15 is 0 Å². The average molecular weight is 346 g/mol. The van der Waals surface area contributed by atoms with Crippen LogP contribution >= 0.6 is 0 Å². The van der Waals surface area contributed by atoms with Crippen molar-refractivity contribution in [2.45, 2.75) is 37.5 Å². The van der Waals surface area contributed by atoms with Gasteiger partial charge in [0.2, 0.25) is 5.95 Å². The molecule has 0 fully saturated rings. The summed E-state index contributed by atoms with van der Waals surface area (Å²) in [6, 6.07) is 4.94. The molecule has 0 atom stereocenters. The molecule has 3 rings (SSSR count). The zero-order valence-electron chi connectivity index (χ0n) is 13.0. The summed E-state index contributed by atoms with van der Waals surface area (Å²) in [5.41, 5.74) is 2.69. The predicted molar refractivity (Wildman–Crippen MR) is 85.3 cm³/mol. The van der Waals surface area contributed by atoms with Gasteiger partial charge in [-0.05, 0) is 56.4 Å². The Morgan fingerprint density at radius 3 is 2.71 bits per heavy atom. The Labute approximate surface area is 139 Å². The van der Waals surface area contributed by atoms with Crippen LogP contribution in [0.1, 0.15) is 35.4 Å². The molecule has 0 bridgehead atoms. The molecule has 8 heteroatoms. The lowest BCUT2D eigenvalue weighted by Gasteiger charge is -2.18. The second-order valence-electron chi connectivity index (χ2n) is 5.63. The number of fused-ring (bicyclic) bond motifs is 1. The summed E-state index contributed by atoms with van der Waals surface area (Å²) in [5, 5.41) is 8.73. The van der Waals surface area contributed by atoms with E-state index in [0.717, 1.165) is 54.8 Å². The summed E-state index contributed by atoms with van der Waals surface area (Å²) in [4.78, 5) is 7.92. The van der Waals surface area contributed by atoms with Gasteiger partial charge >= 0.3 is 0 Å². The Morgan fingerprint density at radius 2 is 2.00 bits per heavy atom. The molecule has 1 aromatic heterocycles. The number of benzene rings is 1. The van der Waals surface area contributed by atoms with Gasteiger partial charge in [-0.15, -0.1) is 0 Å². The minimum Gasteiger partial charge on any atom is -0.247 e. The molecule has 1 N–H and O–H groups in total. The van der Waals surface area contributed by atoms with Crippen molar-refractivity contribution in [1.29, 1.82) is 5.26 Å². The number of hydrogen-bond donors (Lipinski definition) is 1. The molecule has 1 heterocycles. The number of aromatic nitrogens is 2. The van der Waals surface area contributed by atoms with Gasteiger partial charge in [-0.2, -0.15) is 5.26 Å². The van der Waals surface area contributed by atoms with E-state index in [1.54, 1.807) is 6.07 Å². The van der Waals surface area contributed by atoms with Crippen molar-refractivity contribution in [2.24, 2.45) is 0 Å². The third-order valence-electron chi connectivity index (χ3n) is 3.97. The topological polar surface area (TPSA) is 95.7 Å². The van der Waals surface area contributed by atoms with Gasteiger partial charge in [-0.3, -0.25) is 0 Å². The van der Waals surface area contributed by atoms with Crippen LogP contribution in [0.4, 0.5) is 10.3 Å². The lowest BCUT2D eigenvalue weighted by atomic mass is 9.95. The molecule has 0 radical (unpaired) electrons. The van der Waals surface area contributed by atoms with Gasteiger partial charge in [0.25, 0.3) is 10.0 Å². The van der Waals surface area contributed by atoms with Crippen molar-refractivity contribution in [3.05, 3.63) is 46.5 Å². The van der Waals surface area contributed by atoms with Crippen LogP contribution in [0.25, 0.3) is 0 Å². The summed E-state index contributed by atoms with van der Waals surface area (Å²) >= 11 is 0. The van der Waals surface area contributed by atoms with E-state index in [-0.39, 0.29) is 11.5 Å². The molecule has 0 saturated carbocycles. The van der Waals surface area contributed by atoms with Gasteiger partial charge in [-0.1, -0.05) is 0 Å². The van der Waals surface area contributed by atoms with E-state index in [9.17, 15) is 12.8 Å². The Balaban J connectivity index is 1.96. The summed E-state index contributed by atoms with van der Waals surface area (Å²) in [6.07, 6.45) is 3.73. The van der Waals surface area contributed by atoms with Gasteiger partial charge in [0.1, 0.15) is 10.7 Å². The predicted octanol–water partition coefficient (Wildman–Crippen LogP) is 2.48. The van der Waals surface area contributed by atoms with Crippen molar-refractivity contribution in [2.75, 3.05) is 4.72 Å². The zero-order chi connectivity index (χ0) is 17.3. The van der Waals surface area contributed by atoms with Crippen LogP contribution in [0.2, 0.25) is 0 Å². The van der Waals surface area contributed by atoms with E-state index in [1.165, 1.54) is 6.07 Å². The Bertz CT molecular complexity index is 951. The molecule has 0 unspecified atom stereocenters.